The summed E-state index contributed by atoms with van der Waals surface area (Å²) in [4.78, 5) is 12.5. The monoisotopic (exact) mass is 467 g/mol. The van der Waals surface area contributed by atoms with E-state index >= 15 is 0 Å². The molecule has 7 heteroatoms. The highest BCUT2D eigenvalue weighted by Gasteiger charge is 2.14. The Labute approximate surface area is 203 Å². The quantitative estimate of drug-likeness (QED) is 0.265. The van der Waals surface area contributed by atoms with Crippen LogP contribution >= 0.6 is 0 Å². The van der Waals surface area contributed by atoms with E-state index in [4.69, 9.17) is 13.9 Å². The van der Waals surface area contributed by atoms with Gasteiger partial charge in [-0.1, -0.05) is 0 Å². The van der Waals surface area contributed by atoms with Gasteiger partial charge in [-0.2, -0.15) is 5.26 Å². The summed E-state index contributed by atoms with van der Waals surface area (Å²) in [7, 11) is 1.62. The normalized spacial score (nSPS) is 11.1. The van der Waals surface area contributed by atoms with Gasteiger partial charge < -0.3 is 23.8 Å². The van der Waals surface area contributed by atoms with Gasteiger partial charge in [-0.25, -0.2) is 0 Å². The molecule has 176 valence electrons. The highest BCUT2D eigenvalue weighted by atomic mass is 16.5. The summed E-state index contributed by atoms with van der Waals surface area (Å²) in [5.41, 5.74) is 3.66. The molecule has 0 radical (unpaired) electrons. The van der Waals surface area contributed by atoms with Crippen molar-refractivity contribution in [3.05, 3.63) is 101 Å². The van der Waals surface area contributed by atoms with Gasteiger partial charge in [0.25, 0.3) is 5.91 Å². The van der Waals surface area contributed by atoms with Crippen LogP contribution in [0.4, 0.5) is 0 Å². The van der Waals surface area contributed by atoms with E-state index < -0.39 is 5.91 Å². The molecular formula is C28H25N3O4. The molecule has 4 aromatic rings. The van der Waals surface area contributed by atoms with E-state index in [-0.39, 0.29) is 12.1 Å². The largest absolute Gasteiger partial charge is 0.497 e. The van der Waals surface area contributed by atoms with Crippen molar-refractivity contribution in [2.45, 2.75) is 20.4 Å². The number of carbonyl (C=O) groups is 1. The number of hydrogen-bond acceptors (Lipinski definition) is 5. The highest BCUT2D eigenvalue weighted by Crippen LogP contribution is 2.27. The number of rotatable bonds is 8. The van der Waals surface area contributed by atoms with Gasteiger partial charge in [0.2, 0.25) is 0 Å². The minimum Gasteiger partial charge on any atom is -0.497 e. The molecule has 2 aromatic carbocycles. The molecule has 0 saturated carbocycles. The fourth-order valence-corrected chi connectivity index (χ4v) is 3.75. The maximum absolute atomic E-state index is 12.5. The molecule has 1 N–H and O–H groups in total. The number of aryl methyl sites for hydroxylation is 1. The lowest BCUT2D eigenvalue weighted by molar-refractivity contribution is -0.117. The third kappa shape index (κ3) is 5.45. The van der Waals surface area contributed by atoms with E-state index in [1.54, 1.807) is 25.3 Å². The number of aromatic nitrogens is 1. The molecule has 0 unspecified atom stereocenters. The zero-order valence-electron chi connectivity index (χ0n) is 19.7. The topological polar surface area (TPSA) is 89.4 Å². The van der Waals surface area contributed by atoms with Gasteiger partial charge in [0, 0.05) is 17.1 Å². The van der Waals surface area contributed by atoms with Crippen molar-refractivity contribution in [2.75, 3.05) is 7.11 Å². The number of amides is 1. The Morgan fingerprint density at radius 1 is 1.06 bits per heavy atom. The van der Waals surface area contributed by atoms with Gasteiger partial charge >= 0.3 is 0 Å². The minimum absolute atomic E-state index is 0.0278. The molecule has 0 fully saturated rings. The Morgan fingerprint density at radius 3 is 2.31 bits per heavy atom. The Kier molecular flexibility index (Phi) is 7.03. The lowest BCUT2D eigenvalue weighted by Crippen LogP contribution is -2.23. The maximum atomic E-state index is 12.5. The number of hydrogen-bond donors (Lipinski definition) is 1. The van der Waals surface area contributed by atoms with Crippen molar-refractivity contribution in [1.29, 1.82) is 5.26 Å². The third-order valence-electron chi connectivity index (χ3n) is 5.53. The van der Waals surface area contributed by atoms with Crippen LogP contribution < -0.4 is 14.8 Å². The van der Waals surface area contributed by atoms with E-state index in [2.05, 4.69) is 9.88 Å². The van der Waals surface area contributed by atoms with Gasteiger partial charge in [0.1, 0.15) is 34.7 Å². The van der Waals surface area contributed by atoms with Gasteiger partial charge in [-0.05, 0) is 92.2 Å². The summed E-state index contributed by atoms with van der Waals surface area (Å²) in [5, 5.41) is 12.3. The van der Waals surface area contributed by atoms with E-state index in [1.807, 2.05) is 74.5 Å². The standard InChI is InChI=1S/C28H25N3O4/c1-19-15-21(16-22(17-29)28(32)30-18-27-5-4-14-34-27)20(2)31(19)23-6-8-25(9-7-23)35-26-12-10-24(33-3)11-13-26/h4-16H,18H2,1-3H3,(H,30,32)/b22-16+. The van der Waals surface area contributed by atoms with Gasteiger partial charge in [-0.3, -0.25) is 4.79 Å². The average Bonchev–Trinajstić information content (AvgIpc) is 3.49. The van der Waals surface area contributed by atoms with E-state index in [9.17, 15) is 10.1 Å². The smallest absolute Gasteiger partial charge is 0.262 e. The SMILES string of the molecule is COc1ccc(Oc2ccc(-n3c(C)cc(/C=C(\C#N)C(=O)NCc4ccco4)c3C)cc2)cc1. The number of ether oxygens (including phenoxy) is 2. The minimum atomic E-state index is -0.450. The predicted molar refractivity (Wildman–Crippen MR) is 132 cm³/mol. The van der Waals surface area contributed by atoms with Crippen LogP contribution in [0.3, 0.4) is 0 Å². The average molecular weight is 468 g/mol. The number of nitrogens with one attached hydrogen (secondary N) is 1. The summed E-state index contributed by atoms with van der Waals surface area (Å²) >= 11 is 0. The van der Waals surface area contributed by atoms with E-state index in [1.165, 1.54) is 6.26 Å². The molecule has 1 amide bonds. The van der Waals surface area contributed by atoms with Crippen LogP contribution in [0.25, 0.3) is 11.8 Å². The predicted octanol–water partition coefficient (Wildman–Crippen LogP) is 5.71. The number of benzene rings is 2. The number of nitrogens with zero attached hydrogens (tertiary/aromatic N) is 2. The lowest BCUT2D eigenvalue weighted by atomic mass is 10.1. The Morgan fingerprint density at radius 2 is 1.71 bits per heavy atom. The highest BCUT2D eigenvalue weighted by molar-refractivity contribution is 6.01. The first-order valence-corrected chi connectivity index (χ1v) is 11.0. The number of furan rings is 1. The maximum Gasteiger partial charge on any atom is 0.262 e. The molecule has 0 aliphatic heterocycles. The van der Waals surface area contributed by atoms with Crippen LogP contribution in [0.15, 0.2) is 83.0 Å². The molecule has 2 aromatic heterocycles. The number of nitriles is 1. The van der Waals surface area contributed by atoms with Crippen molar-refractivity contribution >= 4 is 12.0 Å². The van der Waals surface area contributed by atoms with Gasteiger partial charge in [0.05, 0.1) is 19.9 Å². The van der Waals surface area contributed by atoms with Gasteiger partial charge in [-0.15, -0.1) is 0 Å². The molecule has 4 rings (SSSR count). The molecule has 35 heavy (non-hydrogen) atoms. The van der Waals surface area contributed by atoms with Crippen molar-refractivity contribution in [3.63, 3.8) is 0 Å². The second kappa shape index (κ2) is 10.5. The first-order chi connectivity index (χ1) is 17.0. The molecule has 2 heterocycles. The molecule has 0 aliphatic carbocycles. The summed E-state index contributed by atoms with van der Waals surface area (Å²) in [6, 6.07) is 22.6. The first kappa shape index (κ1) is 23.5. The van der Waals surface area contributed by atoms with Crippen LogP contribution in [0.2, 0.25) is 0 Å². The second-order valence-corrected chi connectivity index (χ2v) is 7.87. The zero-order chi connectivity index (χ0) is 24.8. The van der Waals surface area contributed by atoms with Crippen molar-refractivity contribution < 1.29 is 18.7 Å². The molecule has 7 nitrogen and oxygen atoms in total. The Bertz CT molecular complexity index is 1370. The van der Waals surface area contributed by atoms with Crippen LogP contribution in [0, 0.1) is 25.2 Å². The van der Waals surface area contributed by atoms with Crippen molar-refractivity contribution in [2.24, 2.45) is 0 Å². The summed E-state index contributed by atoms with van der Waals surface area (Å²) < 4.78 is 18.4. The van der Waals surface area contributed by atoms with E-state index in [0.29, 0.717) is 17.3 Å². The molecule has 0 atom stereocenters. The first-order valence-electron chi connectivity index (χ1n) is 11.0. The van der Waals surface area contributed by atoms with E-state index in [0.717, 1.165) is 28.4 Å². The molecule has 0 saturated heterocycles. The summed E-state index contributed by atoms with van der Waals surface area (Å²) in [5.74, 6) is 2.36. The molecule has 0 spiro atoms. The third-order valence-corrected chi connectivity index (χ3v) is 5.53. The summed E-state index contributed by atoms with van der Waals surface area (Å²) in [6.45, 7) is 4.15. The fourth-order valence-electron chi connectivity index (χ4n) is 3.75. The fraction of sp³-hybridized carbons (Fsp3) is 0.143. The number of methoxy groups -OCH3 is 1. The van der Waals surface area contributed by atoms with Gasteiger partial charge in [0.15, 0.2) is 0 Å². The second-order valence-electron chi connectivity index (χ2n) is 7.87. The Balaban J connectivity index is 1.51. The summed E-state index contributed by atoms with van der Waals surface area (Å²) in [6.07, 6.45) is 3.15. The molecule has 0 aliphatic rings. The van der Waals surface area contributed by atoms with Crippen LogP contribution in [0.1, 0.15) is 22.7 Å². The molecular weight excluding hydrogens is 442 g/mol. The molecule has 0 bridgehead atoms. The lowest BCUT2D eigenvalue weighted by Gasteiger charge is -2.11. The van der Waals surface area contributed by atoms with Crippen molar-refractivity contribution in [1.82, 2.24) is 9.88 Å². The van der Waals surface area contributed by atoms with Crippen LogP contribution in [-0.2, 0) is 11.3 Å². The van der Waals surface area contributed by atoms with Crippen molar-refractivity contribution in [3.8, 4) is 29.0 Å². The van der Waals surface area contributed by atoms with Crippen LogP contribution in [0.5, 0.6) is 17.2 Å². The zero-order valence-corrected chi connectivity index (χ0v) is 19.7. The number of carbonyl (C=O) groups excluding carboxylic acids is 1. The van der Waals surface area contributed by atoms with Crippen LogP contribution in [-0.4, -0.2) is 17.6 Å². The Hall–Kier alpha value is -4.70.